The maximum absolute atomic E-state index is 5.76. The third kappa shape index (κ3) is 3.54. The predicted octanol–water partition coefficient (Wildman–Crippen LogP) is 4.42. The van der Waals surface area contributed by atoms with E-state index in [-0.39, 0.29) is 0 Å². The molecule has 0 saturated carbocycles. The van der Waals surface area contributed by atoms with Crippen LogP contribution in [0.3, 0.4) is 0 Å². The van der Waals surface area contributed by atoms with E-state index in [1.165, 1.54) is 0 Å². The molecule has 0 bridgehead atoms. The van der Waals surface area contributed by atoms with Crippen LogP contribution in [0.1, 0.15) is 25.5 Å². The van der Waals surface area contributed by atoms with Gasteiger partial charge >= 0.3 is 0 Å². The Morgan fingerprint density at radius 1 is 1.30 bits per heavy atom. The van der Waals surface area contributed by atoms with Gasteiger partial charge in [0.25, 0.3) is 0 Å². The van der Waals surface area contributed by atoms with Crippen LogP contribution in [-0.4, -0.2) is 18.7 Å². The Labute approximate surface area is 127 Å². The van der Waals surface area contributed by atoms with Crippen LogP contribution < -0.4 is 9.47 Å². The van der Waals surface area contributed by atoms with Crippen LogP contribution in [0.15, 0.2) is 28.9 Å². The topological polar surface area (TPSA) is 44.5 Å². The minimum Gasteiger partial charge on any atom is -0.493 e. The van der Waals surface area contributed by atoms with Gasteiger partial charge in [0, 0.05) is 10.9 Å². The van der Waals surface area contributed by atoms with Crippen LogP contribution >= 0.6 is 15.9 Å². The van der Waals surface area contributed by atoms with Gasteiger partial charge in [-0.15, -0.1) is 0 Å². The molecule has 108 valence electrons. The molecule has 1 heterocycles. The summed E-state index contributed by atoms with van der Waals surface area (Å²) in [7, 11) is 1.63. The van der Waals surface area contributed by atoms with Crippen molar-refractivity contribution in [2.24, 2.45) is 0 Å². The molecule has 4 nitrogen and oxygen atoms in total. The molecule has 2 aromatic rings. The number of hydrogen-bond acceptors (Lipinski definition) is 4. The average molecular weight is 340 g/mol. The molecule has 0 aliphatic carbocycles. The van der Waals surface area contributed by atoms with Gasteiger partial charge in [-0.05, 0) is 24.6 Å². The first kappa shape index (κ1) is 14.9. The first-order valence-corrected chi connectivity index (χ1v) is 7.72. The summed E-state index contributed by atoms with van der Waals surface area (Å²) in [5, 5.41) is 0.673. The lowest BCUT2D eigenvalue weighted by Gasteiger charge is -2.11. The van der Waals surface area contributed by atoms with E-state index in [4.69, 9.17) is 13.9 Å². The molecule has 1 aromatic heterocycles. The largest absolute Gasteiger partial charge is 0.493 e. The van der Waals surface area contributed by atoms with Crippen LogP contribution in [0.5, 0.6) is 11.5 Å². The molecule has 0 aliphatic rings. The van der Waals surface area contributed by atoms with Gasteiger partial charge in [0.2, 0.25) is 5.89 Å². The molecule has 1 aromatic carbocycles. The van der Waals surface area contributed by atoms with Crippen molar-refractivity contribution in [1.82, 2.24) is 4.98 Å². The fraction of sp³-hybridized carbons (Fsp3) is 0.400. The van der Waals surface area contributed by atoms with E-state index in [2.05, 4.69) is 27.8 Å². The van der Waals surface area contributed by atoms with Gasteiger partial charge in [-0.3, -0.25) is 0 Å². The van der Waals surface area contributed by atoms with Crippen molar-refractivity contribution in [3.05, 3.63) is 30.2 Å². The summed E-state index contributed by atoms with van der Waals surface area (Å²) in [6, 6.07) is 5.68. The predicted molar refractivity (Wildman–Crippen MR) is 81.5 cm³/mol. The molecular formula is C15H18BrNO3. The monoisotopic (exact) mass is 339 g/mol. The number of benzene rings is 1. The second-order valence-corrected chi connectivity index (χ2v) is 4.91. The van der Waals surface area contributed by atoms with Gasteiger partial charge in [0.15, 0.2) is 11.5 Å². The number of methoxy groups -OCH3 is 1. The lowest BCUT2D eigenvalue weighted by molar-refractivity contribution is 0.288. The minimum absolute atomic E-state index is 0.586. The Bertz CT molecular complexity index is 554. The Morgan fingerprint density at radius 3 is 2.80 bits per heavy atom. The summed E-state index contributed by atoms with van der Waals surface area (Å²) in [5.41, 5.74) is 1.74. The summed E-state index contributed by atoms with van der Waals surface area (Å²) in [6.45, 7) is 2.81. The number of oxazole rings is 1. The van der Waals surface area contributed by atoms with Crippen molar-refractivity contribution < 1.29 is 13.9 Å². The summed E-state index contributed by atoms with van der Waals surface area (Å²) in [5.74, 6) is 2.02. The number of unbranched alkanes of at least 4 members (excludes halogenated alkanes) is 1. The number of ether oxygens (including phenoxy) is 2. The smallest absolute Gasteiger partial charge is 0.226 e. The number of alkyl halides is 1. The van der Waals surface area contributed by atoms with E-state index in [1.54, 1.807) is 13.4 Å². The van der Waals surface area contributed by atoms with Crippen molar-refractivity contribution in [3.63, 3.8) is 0 Å². The van der Waals surface area contributed by atoms with Crippen molar-refractivity contribution in [1.29, 1.82) is 0 Å². The molecule has 0 amide bonds. The molecule has 0 spiro atoms. The highest BCUT2D eigenvalue weighted by Crippen LogP contribution is 2.32. The van der Waals surface area contributed by atoms with E-state index >= 15 is 0 Å². The second-order valence-electron chi connectivity index (χ2n) is 4.35. The van der Waals surface area contributed by atoms with E-state index in [1.807, 2.05) is 18.2 Å². The summed E-state index contributed by atoms with van der Waals surface area (Å²) >= 11 is 3.36. The number of rotatable bonds is 7. The molecule has 0 fully saturated rings. The summed E-state index contributed by atoms with van der Waals surface area (Å²) < 4.78 is 16.5. The molecule has 0 radical (unpaired) electrons. The summed E-state index contributed by atoms with van der Waals surface area (Å²) in [4.78, 5) is 4.38. The Hall–Kier alpha value is -1.49. The Kier molecular flexibility index (Phi) is 5.47. The van der Waals surface area contributed by atoms with E-state index in [9.17, 15) is 0 Å². The molecule has 0 unspecified atom stereocenters. The first-order chi connectivity index (χ1) is 9.78. The van der Waals surface area contributed by atoms with Crippen LogP contribution in [0, 0.1) is 0 Å². The Morgan fingerprint density at radius 2 is 2.15 bits per heavy atom. The zero-order valence-corrected chi connectivity index (χ0v) is 13.3. The van der Waals surface area contributed by atoms with Gasteiger partial charge in [-0.2, -0.15) is 0 Å². The number of halogens is 1. The molecule has 5 heteroatoms. The molecule has 0 N–H and O–H groups in total. The van der Waals surface area contributed by atoms with E-state index in [0.29, 0.717) is 17.8 Å². The normalized spacial score (nSPS) is 10.6. The first-order valence-electron chi connectivity index (χ1n) is 6.60. The average Bonchev–Trinajstić information content (AvgIpc) is 2.96. The Balaban J connectivity index is 2.23. The van der Waals surface area contributed by atoms with Crippen molar-refractivity contribution >= 4 is 15.9 Å². The molecule has 0 atom stereocenters. The van der Waals surface area contributed by atoms with Crippen LogP contribution in [-0.2, 0) is 5.33 Å². The zero-order valence-electron chi connectivity index (χ0n) is 11.7. The molecule has 0 saturated heterocycles. The number of aromatic nitrogens is 1. The highest BCUT2D eigenvalue weighted by molar-refractivity contribution is 9.08. The van der Waals surface area contributed by atoms with Crippen LogP contribution in [0.4, 0.5) is 0 Å². The minimum atomic E-state index is 0.586. The van der Waals surface area contributed by atoms with Crippen LogP contribution in [0.2, 0.25) is 0 Å². The second kappa shape index (κ2) is 7.33. The quantitative estimate of drug-likeness (QED) is 0.553. The number of nitrogens with zero attached hydrogens (tertiary/aromatic N) is 1. The number of hydrogen-bond donors (Lipinski definition) is 0. The van der Waals surface area contributed by atoms with Crippen molar-refractivity contribution in [3.8, 4) is 23.0 Å². The standard InChI is InChI=1S/C15H18BrNO3/c1-3-4-7-19-14-8-11(5-6-13(14)18-2)15-17-12(9-16)10-20-15/h5-6,8,10H,3-4,7,9H2,1-2H3. The van der Waals surface area contributed by atoms with Gasteiger partial charge in [-0.25, -0.2) is 4.98 Å². The van der Waals surface area contributed by atoms with Gasteiger partial charge in [-0.1, -0.05) is 29.3 Å². The lowest BCUT2D eigenvalue weighted by Crippen LogP contribution is -1.99. The molecule has 20 heavy (non-hydrogen) atoms. The summed E-state index contributed by atoms with van der Waals surface area (Å²) in [6.07, 6.45) is 3.75. The van der Waals surface area contributed by atoms with Gasteiger partial charge in [0.05, 0.1) is 19.4 Å². The zero-order chi connectivity index (χ0) is 14.4. The van der Waals surface area contributed by atoms with Crippen LogP contribution in [0.25, 0.3) is 11.5 Å². The molecule has 0 aliphatic heterocycles. The highest BCUT2D eigenvalue weighted by Gasteiger charge is 2.11. The fourth-order valence-corrected chi connectivity index (χ4v) is 2.01. The maximum atomic E-state index is 5.76. The SMILES string of the molecule is CCCCOc1cc(-c2nc(CBr)co2)ccc1OC. The highest BCUT2D eigenvalue weighted by atomic mass is 79.9. The third-order valence-electron chi connectivity index (χ3n) is 2.85. The van der Waals surface area contributed by atoms with E-state index in [0.717, 1.165) is 35.6 Å². The molecular weight excluding hydrogens is 322 g/mol. The lowest BCUT2D eigenvalue weighted by atomic mass is 10.2. The van der Waals surface area contributed by atoms with Crippen molar-refractivity contribution in [2.45, 2.75) is 25.1 Å². The maximum Gasteiger partial charge on any atom is 0.226 e. The van der Waals surface area contributed by atoms with Gasteiger partial charge < -0.3 is 13.9 Å². The fourth-order valence-electron chi connectivity index (χ4n) is 1.75. The van der Waals surface area contributed by atoms with Crippen molar-refractivity contribution in [2.75, 3.05) is 13.7 Å². The van der Waals surface area contributed by atoms with Gasteiger partial charge in [0.1, 0.15) is 6.26 Å². The third-order valence-corrected chi connectivity index (χ3v) is 3.43. The van der Waals surface area contributed by atoms with E-state index < -0.39 is 0 Å². The molecule has 2 rings (SSSR count).